The quantitative estimate of drug-likeness (QED) is 0.431. The van der Waals surface area contributed by atoms with Gasteiger partial charge in [-0.15, -0.1) is 5.10 Å². The number of benzene rings is 1. The predicted molar refractivity (Wildman–Crippen MR) is 113 cm³/mol. The zero-order chi connectivity index (χ0) is 19.5. The molecule has 4 rings (SSSR count). The Morgan fingerprint density at radius 2 is 2.11 bits per heavy atom. The van der Waals surface area contributed by atoms with Crippen LogP contribution >= 0.6 is 22.6 Å². The van der Waals surface area contributed by atoms with Crippen LogP contribution in [0.1, 0.15) is 32.6 Å². The lowest BCUT2D eigenvalue weighted by atomic mass is 9.86. The summed E-state index contributed by atoms with van der Waals surface area (Å²) in [6.45, 7) is 2.28. The van der Waals surface area contributed by atoms with Crippen molar-refractivity contribution >= 4 is 45.5 Å². The van der Waals surface area contributed by atoms with Crippen LogP contribution in [0.15, 0.2) is 30.5 Å². The molecule has 2 aromatic heterocycles. The summed E-state index contributed by atoms with van der Waals surface area (Å²) in [5.41, 5.74) is 1.76. The zero-order valence-electron chi connectivity index (χ0n) is 15.5. The third kappa shape index (κ3) is 3.94. The summed E-state index contributed by atoms with van der Waals surface area (Å²) in [4.78, 5) is 20.9. The predicted octanol–water partition coefficient (Wildman–Crippen LogP) is 3.35. The molecule has 8 nitrogen and oxygen atoms in total. The largest absolute Gasteiger partial charge is 0.466 e. The van der Waals surface area contributed by atoms with Crippen LogP contribution in [-0.2, 0) is 9.53 Å². The molecule has 2 heterocycles. The van der Waals surface area contributed by atoms with Crippen molar-refractivity contribution in [3.05, 3.63) is 34.0 Å². The molecule has 0 bridgehead atoms. The number of hydrogen-bond donors (Lipinski definition) is 1. The van der Waals surface area contributed by atoms with Gasteiger partial charge in [0.05, 0.1) is 18.0 Å². The first-order valence-corrected chi connectivity index (χ1v) is 10.5. The van der Waals surface area contributed by atoms with Gasteiger partial charge in [0.1, 0.15) is 5.52 Å². The van der Waals surface area contributed by atoms with Crippen molar-refractivity contribution in [1.29, 1.82) is 0 Å². The second kappa shape index (κ2) is 8.38. The molecule has 1 aliphatic carbocycles. The van der Waals surface area contributed by atoms with Gasteiger partial charge in [0.2, 0.25) is 5.95 Å². The molecule has 146 valence electrons. The van der Waals surface area contributed by atoms with Gasteiger partial charge >= 0.3 is 5.97 Å². The Labute approximate surface area is 176 Å². The van der Waals surface area contributed by atoms with E-state index in [1.165, 1.54) is 0 Å². The third-order valence-corrected chi connectivity index (χ3v) is 5.84. The number of anilines is 1. The topological polar surface area (TPSA) is 94.8 Å². The fraction of sp³-hybridized carbons (Fsp3) is 0.421. The Bertz CT molecular complexity index is 983. The van der Waals surface area contributed by atoms with Crippen LogP contribution in [0.3, 0.4) is 0 Å². The van der Waals surface area contributed by atoms with Crippen LogP contribution in [0, 0.1) is 9.49 Å². The second-order valence-electron chi connectivity index (χ2n) is 6.79. The van der Waals surface area contributed by atoms with Crippen LogP contribution in [-0.4, -0.2) is 43.6 Å². The Kier molecular flexibility index (Phi) is 5.69. The highest BCUT2D eigenvalue weighted by Crippen LogP contribution is 2.27. The average Bonchev–Trinajstić information content (AvgIpc) is 3.14. The number of ether oxygens (including phenoxy) is 1. The van der Waals surface area contributed by atoms with Gasteiger partial charge in [0.25, 0.3) is 0 Å². The molecule has 9 heteroatoms. The van der Waals surface area contributed by atoms with Crippen LogP contribution in [0.2, 0.25) is 0 Å². The molecule has 1 N–H and O–H groups in total. The average molecular weight is 492 g/mol. The molecular formula is C19H21IN6O2. The van der Waals surface area contributed by atoms with E-state index in [0.717, 1.165) is 40.3 Å². The summed E-state index contributed by atoms with van der Waals surface area (Å²) in [5.74, 6) is 1.16. The van der Waals surface area contributed by atoms with E-state index in [1.807, 2.05) is 31.2 Å². The van der Waals surface area contributed by atoms with E-state index in [1.54, 1.807) is 10.9 Å². The molecular weight excluding hydrogens is 471 g/mol. The Morgan fingerprint density at radius 3 is 2.89 bits per heavy atom. The lowest BCUT2D eigenvalue weighted by Gasteiger charge is -2.27. The SMILES string of the molecule is CCOC(=O)C1CCC(Nc2nccc(-n3nnc4c(I)cccc43)n2)CC1. The first kappa shape index (κ1) is 19.0. The number of carbonyl (C=O) groups excluding carboxylic acids is 1. The van der Waals surface area contributed by atoms with Gasteiger partial charge in [-0.1, -0.05) is 11.3 Å². The van der Waals surface area contributed by atoms with Gasteiger partial charge in [-0.2, -0.15) is 9.67 Å². The molecule has 0 amide bonds. The van der Waals surface area contributed by atoms with Crippen LogP contribution in [0.5, 0.6) is 0 Å². The monoisotopic (exact) mass is 492 g/mol. The van der Waals surface area contributed by atoms with Crippen LogP contribution in [0.4, 0.5) is 5.95 Å². The zero-order valence-corrected chi connectivity index (χ0v) is 17.7. The number of esters is 1. The molecule has 1 aliphatic rings. The first-order valence-electron chi connectivity index (χ1n) is 9.42. The summed E-state index contributed by atoms with van der Waals surface area (Å²) in [5, 5.41) is 11.9. The molecule has 3 aromatic rings. The number of nitrogens with zero attached hydrogens (tertiary/aromatic N) is 5. The minimum absolute atomic E-state index is 0.00855. The highest BCUT2D eigenvalue weighted by Gasteiger charge is 2.27. The van der Waals surface area contributed by atoms with E-state index in [4.69, 9.17) is 4.74 Å². The maximum Gasteiger partial charge on any atom is 0.308 e. The number of nitrogens with one attached hydrogen (secondary N) is 1. The maximum absolute atomic E-state index is 11.9. The fourth-order valence-electron chi connectivity index (χ4n) is 3.53. The van der Waals surface area contributed by atoms with Gasteiger partial charge in [0, 0.05) is 21.9 Å². The Balaban J connectivity index is 1.46. The second-order valence-corrected chi connectivity index (χ2v) is 7.95. The van der Waals surface area contributed by atoms with Gasteiger partial charge in [0.15, 0.2) is 5.82 Å². The van der Waals surface area contributed by atoms with E-state index in [-0.39, 0.29) is 17.9 Å². The molecule has 1 fully saturated rings. The van der Waals surface area contributed by atoms with Gasteiger partial charge < -0.3 is 10.1 Å². The van der Waals surface area contributed by atoms with Gasteiger partial charge in [-0.3, -0.25) is 4.79 Å². The summed E-state index contributed by atoms with van der Waals surface area (Å²) in [6.07, 6.45) is 5.14. The minimum atomic E-state index is -0.0770. The standard InChI is InChI=1S/C19H21IN6O2/c1-2-28-18(27)12-6-8-13(9-7-12)22-19-21-11-10-16(23-19)26-15-5-3-4-14(20)17(15)24-25-26/h3-5,10-13H,2,6-9H2,1H3,(H,21,22,23). The van der Waals surface area contributed by atoms with Crippen molar-refractivity contribution in [1.82, 2.24) is 25.0 Å². The summed E-state index contributed by atoms with van der Waals surface area (Å²) >= 11 is 2.25. The Hall–Kier alpha value is -2.30. The van der Waals surface area contributed by atoms with Crippen molar-refractivity contribution in [2.24, 2.45) is 5.92 Å². The number of halogens is 1. The number of hydrogen-bond acceptors (Lipinski definition) is 7. The normalized spacial score (nSPS) is 19.5. The van der Waals surface area contributed by atoms with Crippen molar-refractivity contribution < 1.29 is 9.53 Å². The molecule has 28 heavy (non-hydrogen) atoms. The highest BCUT2D eigenvalue weighted by atomic mass is 127. The maximum atomic E-state index is 11.9. The van der Waals surface area contributed by atoms with E-state index in [9.17, 15) is 4.79 Å². The summed E-state index contributed by atoms with van der Waals surface area (Å²) < 4.78 is 7.91. The third-order valence-electron chi connectivity index (χ3n) is 4.97. The van der Waals surface area contributed by atoms with E-state index in [2.05, 4.69) is 48.2 Å². The lowest BCUT2D eigenvalue weighted by molar-refractivity contribution is -0.149. The van der Waals surface area contributed by atoms with E-state index < -0.39 is 0 Å². The number of aromatic nitrogens is 5. The van der Waals surface area contributed by atoms with Crippen molar-refractivity contribution in [3.8, 4) is 5.82 Å². The van der Waals surface area contributed by atoms with Crippen molar-refractivity contribution in [2.75, 3.05) is 11.9 Å². The smallest absolute Gasteiger partial charge is 0.308 e. The Morgan fingerprint density at radius 1 is 1.29 bits per heavy atom. The molecule has 0 radical (unpaired) electrons. The molecule has 1 aromatic carbocycles. The first-order chi connectivity index (χ1) is 13.7. The van der Waals surface area contributed by atoms with Crippen LogP contribution < -0.4 is 5.32 Å². The number of carbonyl (C=O) groups is 1. The molecule has 0 spiro atoms. The van der Waals surface area contributed by atoms with Gasteiger partial charge in [-0.05, 0) is 67.3 Å². The van der Waals surface area contributed by atoms with E-state index >= 15 is 0 Å². The molecule has 0 aliphatic heterocycles. The number of rotatable bonds is 5. The molecule has 0 saturated heterocycles. The number of fused-ring (bicyclic) bond motifs is 1. The summed E-state index contributed by atoms with van der Waals surface area (Å²) in [6, 6.07) is 8.02. The fourth-order valence-corrected chi connectivity index (χ4v) is 4.13. The summed E-state index contributed by atoms with van der Waals surface area (Å²) in [7, 11) is 0. The minimum Gasteiger partial charge on any atom is -0.466 e. The lowest BCUT2D eigenvalue weighted by Crippen LogP contribution is -2.30. The van der Waals surface area contributed by atoms with Gasteiger partial charge in [-0.25, -0.2) is 4.98 Å². The van der Waals surface area contributed by atoms with Crippen molar-refractivity contribution in [3.63, 3.8) is 0 Å². The highest BCUT2D eigenvalue weighted by molar-refractivity contribution is 14.1. The molecule has 0 unspecified atom stereocenters. The molecule has 1 saturated carbocycles. The van der Waals surface area contributed by atoms with Crippen LogP contribution in [0.25, 0.3) is 16.9 Å². The molecule has 0 atom stereocenters. The van der Waals surface area contributed by atoms with Crippen molar-refractivity contribution in [2.45, 2.75) is 38.6 Å². The van der Waals surface area contributed by atoms with E-state index in [0.29, 0.717) is 18.4 Å².